The molecule has 1 N–H and O–H groups in total. The second kappa shape index (κ2) is 4.46. The van der Waals surface area contributed by atoms with Crippen LogP contribution in [0.5, 0.6) is 0 Å². The van der Waals surface area contributed by atoms with Gasteiger partial charge >= 0.3 is 0 Å². The maximum atomic E-state index is 3.57. The van der Waals surface area contributed by atoms with Gasteiger partial charge < -0.3 is 5.32 Å². The highest BCUT2D eigenvalue weighted by Crippen LogP contribution is 2.45. The van der Waals surface area contributed by atoms with Gasteiger partial charge in [0.15, 0.2) is 0 Å². The minimum atomic E-state index is 1.14. The molecular weight excluding hydrogens is 226 g/mol. The predicted octanol–water partition coefficient (Wildman–Crippen LogP) is 4.85. The van der Waals surface area contributed by atoms with Crippen LogP contribution in [0.3, 0.4) is 0 Å². The Kier molecular flexibility index (Phi) is 2.81. The van der Waals surface area contributed by atoms with Gasteiger partial charge in [-0.25, -0.2) is 0 Å². The maximum absolute atomic E-state index is 3.57. The van der Waals surface area contributed by atoms with E-state index in [9.17, 15) is 0 Å². The SMILES string of the molecule is CCCc1cccc2c1Nc1ccccc1S2. The lowest BCUT2D eigenvalue weighted by molar-refractivity contribution is 0.919. The van der Waals surface area contributed by atoms with E-state index in [0.29, 0.717) is 0 Å². The average molecular weight is 241 g/mol. The summed E-state index contributed by atoms with van der Waals surface area (Å²) in [4.78, 5) is 2.66. The minimum Gasteiger partial charge on any atom is -0.353 e. The van der Waals surface area contributed by atoms with E-state index in [2.05, 4.69) is 54.7 Å². The lowest BCUT2D eigenvalue weighted by Gasteiger charge is -2.23. The average Bonchev–Trinajstić information content (AvgIpc) is 2.37. The van der Waals surface area contributed by atoms with Crippen molar-refractivity contribution in [2.75, 3.05) is 5.32 Å². The molecule has 2 heteroatoms. The summed E-state index contributed by atoms with van der Waals surface area (Å²) in [5, 5.41) is 3.57. The van der Waals surface area contributed by atoms with Gasteiger partial charge in [0.25, 0.3) is 0 Å². The molecule has 1 aliphatic heterocycles. The number of fused-ring (bicyclic) bond motifs is 2. The van der Waals surface area contributed by atoms with Crippen molar-refractivity contribution in [3.8, 4) is 0 Å². The first-order valence-electron chi connectivity index (χ1n) is 6.04. The van der Waals surface area contributed by atoms with Gasteiger partial charge in [0.2, 0.25) is 0 Å². The number of aryl methyl sites for hydroxylation is 1. The molecule has 0 aliphatic carbocycles. The number of benzene rings is 2. The first kappa shape index (κ1) is 10.7. The Hall–Kier alpha value is -1.41. The molecule has 0 fully saturated rings. The molecule has 3 rings (SSSR count). The Labute approximate surface area is 106 Å². The third-order valence-electron chi connectivity index (χ3n) is 3.00. The van der Waals surface area contributed by atoms with Gasteiger partial charge in [0.05, 0.1) is 11.4 Å². The Bertz CT molecular complexity index is 548. The fourth-order valence-corrected chi connectivity index (χ4v) is 3.24. The molecule has 2 aromatic rings. The lowest BCUT2D eigenvalue weighted by atomic mass is 10.1. The van der Waals surface area contributed by atoms with Crippen LogP contribution in [0, 0.1) is 0 Å². The molecule has 1 nitrogen and oxygen atoms in total. The largest absolute Gasteiger partial charge is 0.353 e. The molecule has 86 valence electrons. The van der Waals surface area contributed by atoms with E-state index in [4.69, 9.17) is 0 Å². The molecule has 1 aliphatic rings. The van der Waals surface area contributed by atoms with Gasteiger partial charge in [-0.15, -0.1) is 0 Å². The normalized spacial score (nSPS) is 12.5. The van der Waals surface area contributed by atoms with Crippen LogP contribution in [0.15, 0.2) is 52.3 Å². The smallest absolute Gasteiger partial charge is 0.0558 e. The van der Waals surface area contributed by atoms with E-state index in [1.807, 2.05) is 11.8 Å². The summed E-state index contributed by atoms with van der Waals surface area (Å²) in [6.07, 6.45) is 2.32. The quantitative estimate of drug-likeness (QED) is 0.688. The van der Waals surface area contributed by atoms with Crippen molar-refractivity contribution in [2.45, 2.75) is 29.6 Å². The molecule has 0 spiro atoms. The van der Waals surface area contributed by atoms with E-state index in [0.717, 1.165) is 6.42 Å². The highest BCUT2D eigenvalue weighted by atomic mass is 32.2. The molecule has 0 atom stereocenters. The highest BCUT2D eigenvalue weighted by molar-refractivity contribution is 7.99. The zero-order valence-electron chi connectivity index (χ0n) is 9.86. The van der Waals surface area contributed by atoms with Crippen LogP contribution in [-0.4, -0.2) is 0 Å². The molecule has 17 heavy (non-hydrogen) atoms. The summed E-state index contributed by atoms with van der Waals surface area (Å²) in [5.41, 5.74) is 3.96. The van der Waals surface area contributed by atoms with Crippen LogP contribution < -0.4 is 5.32 Å². The Morgan fingerprint density at radius 2 is 1.82 bits per heavy atom. The summed E-state index contributed by atoms with van der Waals surface area (Å²) in [7, 11) is 0. The number of hydrogen-bond donors (Lipinski definition) is 1. The molecular formula is C15H15NS. The summed E-state index contributed by atoms with van der Waals surface area (Å²) in [5.74, 6) is 0. The van der Waals surface area contributed by atoms with Gasteiger partial charge in [0, 0.05) is 9.79 Å². The Morgan fingerprint density at radius 1 is 1.00 bits per heavy atom. The van der Waals surface area contributed by atoms with E-state index >= 15 is 0 Å². The topological polar surface area (TPSA) is 12.0 Å². The van der Waals surface area contributed by atoms with Crippen LogP contribution in [0.1, 0.15) is 18.9 Å². The summed E-state index contributed by atoms with van der Waals surface area (Å²) in [6.45, 7) is 2.23. The Balaban J connectivity index is 2.05. The van der Waals surface area contributed by atoms with E-state index in [-0.39, 0.29) is 0 Å². The molecule has 0 saturated carbocycles. The number of hydrogen-bond acceptors (Lipinski definition) is 2. The van der Waals surface area contributed by atoms with Crippen LogP contribution in [0.4, 0.5) is 11.4 Å². The van der Waals surface area contributed by atoms with Crippen LogP contribution in [0.2, 0.25) is 0 Å². The van der Waals surface area contributed by atoms with Crippen molar-refractivity contribution in [3.05, 3.63) is 48.0 Å². The second-order valence-electron chi connectivity index (χ2n) is 4.26. The molecule has 0 aromatic heterocycles. The first-order valence-corrected chi connectivity index (χ1v) is 6.86. The molecule has 0 saturated heterocycles. The van der Waals surface area contributed by atoms with Crippen molar-refractivity contribution >= 4 is 23.1 Å². The zero-order chi connectivity index (χ0) is 11.7. The fraction of sp³-hybridized carbons (Fsp3) is 0.200. The fourth-order valence-electron chi connectivity index (χ4n) is 2.19. The van der Waals surface area contributed by atoms with Crippen molar-refractivity contribution in [1.82, 2.24) is 0 Å². The standard InChI is InChI=1S/C15H15NS/c1-2-6-11-7-5-10-14-15(11)16-12-8-3-4-9-13(12)17-14/h3-5,7-10,16H,2,6H2,1H3. The second-order valence-corrected chi connectivity index (χ2v) is 5.35. The zero-order valence-corrected chi connectivity index (χ0v) is 10.7. The molecule has 0 bridgehead atoms. The van der Waals surface area contributed by atoms with E-state index in [1.165, 1.54) is 33.2 Å². The minimum absolute atomic E-state index is 1.14. The third-order valence-corrected chi connectivity index (χ3v) is 4.13. The highest BCUT2D eigenvalue weighted by Gasteiger charge is 2.16. The molecule has 2 aromatic carbocycles. The first-order chi connectivity index (χ1) is 8.38. The van der Waals surface area contributed by atoms with Gasteiger partial charge in [-0.05, 0) is 30.2 Å². The van der Waals surface area contributed by atoms with Gasteiger partial charge in [0.1, 0.15) is 0 Å². The van der Waals surface area contributed by atoms with Crippen molar-refractivity contribution in [3.63, 3.8) is 0 Å². The third kappa shape index (κ3) is 1.93. The van der Waals surface area contributed by atoms with Crippen LogP contribution in [-0.2, 0) is 6.42 Å². The van der Waals surface area contributed by atoms with Gasteiger partial charge in [-0.1, -0.05) is 49.4 Å². The van der Waals surface area contributed by atoms with E-state index in [1.54, 1.807) is 0 Å². The lowest BCUT2D eigenvalue weighted by Crippen LogP contribution is -2.03. The van der Waals surface area contributed by atoms with Gasteiger partial charge in [-0.3, -0.25) is 0 Å². The molecule has 0 radical (unpaired) electrons. The van der Waals surface area contributed by atoms with Crippen molar-refractivity contribution < 1.29 is 0 Å². The monoisotopic (exact) mass is 241 g/mol. The number of para-hydroxylation sites is 2. The summed E-state index contributed by atoms with van der Waals surface area (Å²) < 4.78 is 0. The van der Waals surface area contributed by atoms with Crippen molar-refractivity contribution in [1.29, 1.82) is 0 Å². The Morgan fingerprint density at radius 3 is 2.71 bits per heavy atom. The maximum Gasteiger partial charge on any atom is 0.0558 e. The number of rotatable bonds is 2. The number of nitrogens with one attached hydrogen (secondary N) is 1. The summed E-state index contributed by atoms with van der Waals surface area (Å²) in [6, 6.07) is 15.1. The molecule has 0 unspecified atom stereocenters. The summed E-state index contributed by atoms with van der Waals surface area (Å²) >= 11 is 1.86. The van der Waals surface area contributed by atoms with E-state index < -0.39 is 0 Å². The van der Waals surface area contributed by atoms with Crippen molar-refractivity contribution in [2.24, 2.45) is 0 Å². The van der Waals surface area contributed by atoms with Gasteiger partial charge in [-0.2, -0.15) is 0 Å². The van der Waals surface area contributed by atoms with Crippen LogP contribution in [0.25, 0.3) is 0 Å². The van der Waals surface area contributed by atoms with Crippen LogP contribution >= 0.6 is 11.8 Å². The molecule has 0 amide bonds. The predicted molar refractivity (Wildman–Crippen MR) is 74.3 cm³/mol. The number of anilines is 2. The molecule has 1 heterocycles.